The lowest BCUT2D eigenvalue weighted by atomic mass is 10.1. The number of nitrogens with one attached hydrogen (secondary N) is 2. The fourth-order valence-electron chi connectivity index (χ4n) is 2.68. The molecule has 3 rings (SSSR count). The number of anilines is 1. The number of amides is 1. The molecule has 1 saturated heterocycles. The molecule has 5 nitrogen and oxygen atoms in total. The van der Waals surface area contributed by atoms with Crippen LogP contribution in [0.4, 0.5) is 10.1 Å². The fraction of sp³-hybridized carbons (Fsp3) is 0.375. The quantitative estimate of drug-likeness (QED) is 0.904. The van der Waals surface area contributed by atoms with Gasteiger partial charge >= 0.3 is 0 Å². The van der Waals surface area contributed by atoms with E-state index >= 15 is 0 Å². The van der Waals surface area contributed by atoms with E-state index in [1.807, 2.05) is 10.9 Å². The van der Waals surface area contributed by atoms with E-state index in [0.29, 0.717) is 23.0 Å². The average Bonchev–Trinajstić information content (AvgIpc) is 3.01. The number of halogens is 2. The number of rotatable bonds is 3. The van der Waals surface area contributed by atoms with Gasteiger partial charge in [-0.1, -0.05) is 0 Å². The first-order valence-corrected chi connectivity index (χ1v) is 7.47. The Morgan fingerprint density at radius 2 is 2.26 bits per heavy atom. The van der Waals surface area contributed by atoms with E-state index in [-0.39, 0.29) is 24.1 Å². The highest BCUT2D eigenvalue weighted by Gasteiger charge is 2.18. The van der Waals surface area contributed by atoms with Crippen LogP contribution in [-0.2, 0) is 0 Å². The molecule has 2 aromatic rings. The molecule has 1 aliphatic rings. The number of hydrogen-bond acceptors (Lipinski definition) is 3. The maximum absolute atomic E-state index is 13.1. The van der Waals surface area contributed by atoms with Gasteiger partial charge in [0.2, 0.25) is 0 Å². The van der Waals surface area contributed by atoms with Crippen LogP contribution >= 0.6 is 12.4 Å². The van der Waals surface area contributed by atoms with E-state index < -0.39 is 0 Å². The maximum Gasteiger partial charge on any atom is 0.276 e. The number of aryl methyl sites for hydroxylation is 1. The number of nitrogens with zero attached hydrogens (tertiary/aromatic N) is 2. The Balaban J connectivity index is 0.00000192. The van der Waals surface area contributed by atoms with Crippen molar-refractivity contribution in [2.24, 2.45) is 0 Å². The Hall–Kier alpha value is -1.92. The smallest absolute Gasteiger partial charge is 0.276 e. The summed E-state index contributed by atoms with van der Waals surface area (Å²) in [6.45, 7) is 3.67. The van der Waals surface area contributed by atoms with Crippen LogP contribution in [0.3, 0.4) is 0 Å². The maximum atomic E-state index is 13.1. The molecule has 0 aliphatic carbocycles. The van der Waals surface area contributed by atoms with Crippen LogP contribution in [0.2, 0.25) is 0 Å². The molecule has 1 atom stereocenters. The van der Waals surface area contributed by atoms with Gasteiger partial charge in [-0.15, -0.1) is 12.4 Å². The van der Waals surface area contributed by atoms with Crippen molar-refractivity contribution in [1.29, 1.82) is 0 Å². The van der Waals surface area contributed by atoms with Crippen molar-refractivity contribution in [3.05, 3.63) is 47.5 Å². The van der Waals surface area contributed by atoms with Gasteiger partial charge in [0.1, 0.15) is 5.82 Å². The Morgan fingerprint density at radius 3 is 2.96 bits per heavy atom. The summed E-state index contributed by atoms with van der Waals surface area (Å²) in [5, 5.41) is 10.5. The van der Waals surface area contributed by atoms with E-state index in [1.165, 1.54) is 12.1 Å². The predicted molar refractivity (Wildman–Crippen MR) is 89.7 cm³/mol. The van der Waals surface area contributed by atoms with Crippen LogP contribution in [0, 0.1) is 12.7 Å². The normalized spacial score (nSPS) is 17.4. The molecule has 1 aliphatic heterocycles. The first kappa shape index (κ1) is 17.4. The van der Waals surface area contributed by atoms with Gasteiger partial charge in [0.05, 0.1) is 6.04 Å². The number of benzene rings is 1. The van der Waals surface area contributed by atoms with Crippen LogP contribution < -0.4 is 10.6 Å². The van der Waals surface area contributed by atoms with E-state index in [0.717, 1.165) is 25.9 Å². The summed E-state index contributed by atoms with van der Waals surface area (Å²) in [6, 6.07) is 6.28. The summed E-state index contributed by atoms with van der Waals surface area (Å²) in [7, 11) is 0. The topological polar surface area (TPSA) is 59.0 Å². The zero-order valence-electron chi connectivity index (χ0n) is 12.9. The van der Waals surface area contributed by atoms with Gasteiger partial charge in [-0.25, -0.2) is 4.39 Å². The molecule has 1 fully saturated rings. The summed E-state index contributed by atoms with van der Waals surface area (Å²) in [4.78, 5) is 12.3. The molecule has 124 valence electrons. The Kier molecular flexibility index (Phi) is 5.74. The summed E-state index contributed by atoms with van der Waals surface area (Å²) in [5.41, 5.74) is 1.65. The molecule has 23 heavy (non-hydrogen) atoms. The molecule has 0 saturated carbocycles. The summed E-state index contributed by atoms with van der Waals surface area (Å²) < 4.78 is 14.9. The van der Waals surface area contributed by atoms with Crippen molar-refractivity contribution >= 4 is 24.0 Å². The highest BCUT2D eigenvalue weighted by atomic mass is 35.5. The second kappa shape index (κ2) is 7.57. The number of hydrogen-bond donors (Lipinski definition) is 2. The van der Waals surface area contributed by atoms with Gasteiger partial charge < -0.3 is 10.6 Å². The predicted octanol–water partition coefficient (Wildman–Crippen LogP) is 2.93. The van der Waals surface area contributed by atoms with Crippen molar-refractivity contribution in [2.75, 3.05) is 18.4 Å². The van der Waals surface area contributed by atoms with Crippen molar-refractivity contribution in [2.45, 2.75) is 25.8 Å². The third-order valence-electron chi connectivity index (χ3n) is 3.92. The largest absolute Gasteiger partial charge is 0.320 e. The molecule has 1 aromatic heterocycles. The Labute approximate surface area is 140 Å². The van der Waals surface area contributed by atoms with Crippen LogP contribution in [0.1, 0.15) is 34.9 Å². The third-order valence-corrected chi connectivity index (χ3v) is 3.92. The molecule has 7 heteroatoms. The molecule has 2 heterocycles. The lowest BCUT2D eigenvalue weighted by Crippen LogP contribution is -2.32. The van der Waals surface area contributed by atoms with Crippen molar-refractivity contribution in [3.63, 3.8) is 0 Å². The molecule has 1 amide bonds. The van der Waals surface area contributed by atoms with Gasteiger partial charge in [-0.05, 0) is 56.1 Å². The molecule has 0 radical (unpaired) electrons. The van der Waals surface area contributed by atoms with Crippen LogP contribution in [0.15, 0.2) is 30.5 Å². The number of carbonyl (C=O) groups is 1. The van der Waals surface area contributed by atoms with Crippen molar-refractivity contribution in [3.8, 4) is 0 Å². The minimum atomic E-state index is -0.315. The van der Waals surface area contributed by atoms with Crippen molar-refractivity contribution < 1.29 is 9.18 Å². The lowest BCUT2D eigenvalue weighted by Gasteiger charge is -2.22. The van der Waals surface area contributed by atoms with E-state index in [1.54, 1.807) is 19.1 Å². The van der Waals surface area contributed by atoms with Gasteiger partial charge in [0.15, 0.2) is 5.69 Å². The first-order chi connectivity index (χ1) is 10.6. The second-order valence-electron chi connectivity index (χ2n) is 5.59. The molecular formula is C16H20ClFN4O. The minimum absolute atomic E-state index is 0. The number of piperidine rings is 1. The molecule has 1 unspecified atom stereocenters. The molecule has 2 N–H and O–H groups in total. The zero-order chi connectivity index (χ0) is 15.5. The van der Waals surface area contributed by atoms with Crippen molar-refractivity contribution in [1.82, 2.24) is 15.1 Å². The van der Waals surface area contributed by atoms with E-state index in [9.17, 15) is 9.18 Å². The molecule has 0 bridgehead atoms. The Morgan fingerprint density at radius 1 is 1.43 bits per heavy atom. The van der Waals surface area contributed by atoms with Crippen LogP contribution in [0.5, 0.6) is 0 Å². The van der Waals surface area contributed by atoms with Crippen LogP contribution in [0.25, 0.3) is 0 Å². The van der Waals surface area contributed by atoms with Gasteiger partial charge in [0, 0.05) is 18.4 Å². The van der Waals surface area contributed by atoms with Gasteiger partial charge in [0.25, 0.3) is 5.91 Å². The third kappa shape index (κ3) is 4.09. The van der Waals surface area contributed by atoms with Gasteiger partial charge in [-0.2, -0.15) is 5.10 Å². The molecule has 1 aromatic carbocycles. The minimum Gasteiger partial charge on any atom is -0.320 e. The van der Waals surface area contributed by atoms with Gasteiger partial charge in [-0.3, -0.25) is 9.48 Å². The Bertz CT molecular complexity index is 682. The lowest BCUT2D eigenvalue weighted by molar-refractivity contribution is 0.102. The summed E-state index contributed by atoms with van der Waals surface area (Å²) in [6.07, 6.45) is 4.01. The number of aromatic nitrogens is 2. The van der Waals surface area contributed by atoms with E-state index in [4.69, 9.17) is 0 Å². The molecule has 0 spiro atoms. The van der Waals surface area contributed by atoms with E-state index in [2.05, 4.69) is 15.7 Å². The second-order valence-corrected chi connectivity index (χ2v) is 5.59. The summed E-state index contributed by atoms with van der Waals surface area (Å²) in [5.74, 6) is -0.596. The monoisotopic (exact) mass is 338 g/mol. The zero-order valence-corrected chi connectivity index (χ0v) is 13.7. The first-order valence-electron chi connectivity index (χ1n) is 7.47. The SMILES string of the molecule is Cc1cc(F)ccc1NC(=O)c1ccn(C2CCCNC2)n1.Cl. The average molecular weight is 339 g/mol. The highest BCUT2D eigenvalue weighted by molar-refractivity contribution is 6.03. The highest BCUT2D eigenvalue weighted by Crippen LogP contribution is 2.18. The molecular weight excluding hydrogens is 319 g/mol. The van der Waals surface area contributed by atoms with Crippen LogP contribution in [-0.4, -0.2) is 28.8 Å². The summed E-state index contributed by atoms with van der Waals surface area (Å²) >= 11 is 0. The fourth-order valence-corrected chi connectivity index (χ4v) is 2.68. The number of carbonyl (C=O) groups excluding carboxylic acids is 1. The standard InChI is InChI=1S/C16H19FN4O.ClH/c1-11-9-12(17)4-5-14(11)19-16(22)15-6-8-21(20-15)13-3-2-7-18-10-13;/h4-6,8-9,13,18H,2-3,7,10H2,1H3,(H,19,22);1H.